The summed E-state index contributed by atoms with van der Waals surface area (Å²) in [6.45, 7) is 7.84. The third-order valence-electron chi connectivity index (χ3n) is 4.09. The molecule has 21 heavy (non-hydrogen) atoms. The standard InChI is InChI=1S/C17H28N2O2/c1-13(2)19-9-10-21-16(11-18-3)17(19)15-7-5-14(6-8-15)12-20-4/h5-8,13,16-18H,9-12H2,1-4H3. The molecular weight excluding hydrogens is 264 g/mol. The van der Waals surface area contributed by atoms with Crippen LogP contribution in [-0.2, 0) is 16.1 Å². The molecule has 1 fully saturated rings. The molecule has 4 nitrogen and oxygen atoms in total. The fourth-order valence-corrected chi connectivity index (χ4v) is 3.09. The van der Waals surface area contributed by atoms with Gasteiger partial charge in [-0.15, -0.1) is 0 Å². The highest BCUT2D eigenvalue weighted by molar-refractivity contribution is 5.26. The average Bonchev–Trinajstić information content (AvgIpc) is 2.48. The summed E-state index contributed by atoms with van der Waals surface area (Å²) in [6.07, 6.45) is 0.194. The molecule has 0 radical (unpaired) electrons. The summed E-state index contributed by atoms with van der Waals surface area (Å²) in [5.74, 6) is 0. The highest BCUT2D eigenvalue weighted by atomic mass is 16.5. The van der Waals surface area contributed by atoms with Crippen LogP contribution in [-0.4, -0.2) is 50.9 Å². The van der Waals surface area contributed by atoms with E-state index in [1.54, 1.807) is 7.11 Å². The van der Waals surface area contributed by atoms with Crippen molar-refractivity contribution in [1.82, 2.24) is 10.2 Å². The van der Waals surface area contributed by atoms with Crippen molar-refractivity contribution in [3.8, 4) is 0 Å². The van der Waals surface area contributed by atoms with Crippen LogP contribution >= 0.6 is 0 Å². The van der Waals surface area contributed by atoms with E-state index in [0.29, 0.717) is 18.7 Å². The Morgan fingerprint density at radius 3 is 2.62 bits per heavy atom. The van der Waals surface area contributed by atoms with Crippen LogP contribution < -0.4 is 5.32 Å². The Morgan fingerprint density at radius 1 is 1.33 bits per heavy atom. The number of hydrogen-bond acceptors (Lipinski definition) is 4. The highest BCUT2D eigenvalue weighted by Crippen LogP contribution is 2.31. The van der Waals surface area contributed by atoms with Crippen LogP contribution in [0, 0.1) is 0 Å². The van der Waals surface area contributed by atoms with E-state index in [4.69, 9.17) is 9.47 Å². The first kappa shape index (κ1) is 16.4. The Labute approximate surface area is 128 Å². The number of nitrogens with zero attached hydrogens (tertiary/aromatic N) is 1. The molecule has 118 valence electrons. The van der Waals surface area contributed by atoms with Crippen LogP contribution in [0.25, 0.3) is 0 Å². The second-order valence-electron chi connectivity index (χ2n) is 5.92. The second kappa shape index (κ2) is 7.90. The number of morpholine rings is 1. The van der Waals surface area contributed by atoms with Crippen molar-refractivity contribution >= 4 is 0 Å². The molecule has 2 unspecified atom stereocenters. The van der Waals surface area contributed by atoms with Gasteiger partial charge in [0.05, 0.1) is 25.4 Å². The van der Waals surface area contributed by atoms with Gasteiger partial charge in [-0.1, -0.05) is 24.3 Å². The molecule has 0 amide bonds. The predicted molar refractivity (Wildman–Crippen MR) is 85.4 cm³/mol. The smallest absolute Gasteiger partial charge is 0.0896 e. The normalized spacial score (nSPS) is 23.7. The second-order valence-corrected chi connectivity index (χ2v) is 5.92. The zero-order valence-electron chi connectivity index (χ0n) is 13.6. The van der Waals surface area contributed by atoms with E-state index in [1.165, 1.54) is 11.1 Å². The maximum Gasteiger partial charge on any atom is 0.0896 e. The summed E-state index contributed by atoms with van der Waals surface area (Å²) >= 11 is 0. The van der Waals surface area contributed by atoms with Crippen LogP contribution in [0.2, 0.25) is 0 Å². The molecule has 1 aromatic carbocycles. The van der Waals surface area contributed by atoms with E-state index in [-0.39, 0.29) is 6.10 Å². The molecule has 1 aliphatic rings. The molecule has 1 heterocycles. The number of benzene rings is 1. The molecule has 1 saturated heterocycles. The fraction of sp³-hybridized carbons (Fsp3) is 0.647. The molecule has 1 aliphatic heterocycles. The summed E-state index contributed by atoms with van der Waals surface area (Å²) < 4.78 is 11.2. The van der Waals surface area contributed by atoms with E-state index in [1.807, 2.05) is 7.05 Å². The predicted octanol–water partition coefficient (Wildman–Crippen LogP) is 2.20. The van der Waals surface area contributed by atoms with Crippen molar-refractivity contribution < 1.29 is 9.47 Å². The van der Waals surface area contributed by atoms with Gasteiger partial charge >= 0.3 is 0 Å². The quantitative estimate of drug-likeness (QED) is 0.871. The van der Waals surface area contributed by atoms with Crippen LogP contribution in [0.15, 0.2) is 24.3 Å². The first-order valence-corrected chi connectivity index (χ1v) is 7.77. The van der Waals surface area contributed by atoms with E-state index >= 15 is 0 Å². The number of hydrogen-bond donors (Lipinski definition) is 1. The molecule has 2 rings (SSSR count). The monoisotopic (exact) mass is 292 g/mol. The van der Waals surface area contributed by atoms with Gasteiger partial charge in [0.15, 0.2) is 0 Å². The lowest BCUT2D eigenvalue weighted by molar-refractivity contribution is -0.0815. The first-order valence-electron chi connectivity index (χ1n) is 7.77. The molecule has 1 aromatic rings. The van der Waals surface area contributed by atoms with Gasteiger partial charge < -0.3 is 14.8 Å². The number of rotatable bonds is 6. The van der Waals surface area contributed by atoms with Crippen molar-refractivity contribution in [2.75, 3.05) is 33.9 Å². The Bertz CT molecular complexity index is 417. The summed E-state index contributed by atoms with van der Waals surface area (Å²) in [5, 5.41) is 3.26. The van der Waals surface area contributed by atoms with Gasteiger partial charge in [0.25, 0.3) is 0 Å². The summed E-state index contributed by atoms with van der Waals surface area (Å²) in [6, 6.07) is 9.56. The van der Waals surface area contributed by atoms with E-state index in [9.17, 15) is 0 Å². The zero-order chi connectivity index (χ0) is 15.2. The Morgan fingerprint density at radius 2 is 2.05 bits per heavy atom. The minimum absolute atomic E-state index is 0.194. The van der Waals surface area contributed by atoms with E-state index in [2.05, 4.69) is 48.3 Å². The van der Waals surface area contributed by atoms with Crippen molar-refractivity contribution in [2.45, 2.75) is 38.6 Å². The maximum absolute atomic E-state index is 6.01. The third-order valence-corrected chi connectivity index (χ3v) is 4.09. The van der Waals surface area contributed by atoms with Crippen molar-refractivity contribution in [2.24, 2.45) is 0 Å². The van der Waals surface area contributed by atoms with Crippen LogP contribution in [0.4, 0.5) is 0 Å². The number of ether oxygens (including phenoxy) is 2. The molecule has 1 N–H and O–H groups in total. The van der Waals surface area contributed by atoms with Gasteiger partial charge in [-0.25, -0.2) is 0 Å². The van der Waals surface area contributed by atoms with Gasteiger partial charge in [-0.2, -0.15) is 0 Å². The average molecular weight is 292 g/mol. The minimum Gasteiger partial charge on any atom is -0.380 e. The van der Waals surface area contributed by atoms with Gasteiger partial charge in [-0.05, 0) is 32.0 Å². The lowest BCUT2D eigenvalue weighted by Crippen LogP contribution is -2.51. The molecule has 0 spiro atoms. The minimum atomic E-state index is 0.194. The van der Waals surface area contributed by atoms with Crippen molar-refractivity contribution in [1.29, 1.82) is 0 Å². The van der Waals surface area contributed by atoms with Crippen molar-refractivity contribution in [3.05, 3.63) is 35.4 Å². The topological polar surface area (TPSA) is 33.7 Å². The Balaban J connectivity index is 2.23. The molecule has 0 aliphatic carbocycles. The van der Waals surface area contributed by atoms with Gasteiger partial charge in [0.2, 0.25) is 0 Å². The Hall–Kier alpha value is -0.940. The summed E-state index contributed by atoms with van der Waals surface area (Å²) in [4.78, 5) is 2.54. The maximum atomic E-state index is 6.01. The summed E-state index contributed by atoms with van der Waals surface area (Å²) in [5.41, 5.74) is 2.53. The van der Waals surface area contributed by atoms with E-state index in [0.717, 1.165) is 19.7 Å². The SMILES string of the molecule is CNCC1OCCN(C(C)C)C1c1ccc(COC)cc1. The number of nitrogens with one attached hydrogen (secondary N) is 1. The van der Waals surface area contributed by atoms with Crippen LogP contribution in [0.5, 0.6) is 0 Å². The van der Waals surface area contributed by atoms with Gasteiger partial charge in [0.1, 0.15) is 0 Å². The first-order chi connectivity index (χ1) is 10.2. The molecule has 4 heteroatoms. The van der Waals surface area contributed by atoms with Crippen LogP contribution in [0.3, 0.4) is 0 Å². The summed E-state index contributed by atoms with van der Waals surface area (Å²) in [7, 11) is 3.71. The van der Waals surface area contributed by atoms with E-state index < -0.39 is 0 Å². The largest absolute Gasteiger partial charge is 0.380 e. The number of methoxy groups -OCH3 is 1. The third kappa shape index (κ3) is 4.04. The molecule has 0 bridgehead atoms. The zero-order valence-corrected chi connectivity index (χ0v) is 13.6. The van der Waals surface area contributed by atoms with Crippen molar-refractivity contribution in [3.63, 3.8) is 0 Å². The number of likely N-dealkylation sites (N-methyl/N-ethyl adjacent to an activating group) is 1. The van der Waals surface area contributed by atoms with Gasteiger partial charge in [0, 0.05) is 26.2 Å². The highest BCUT2D eigenvalue weighted by Gasteiger charge is 2.34. The molecule has 0 aromatic heterocycles. The van der Waals surface area contributed by atoms with Gasteiger partial charge in [-0.3, -0.25) is 4.90 Å². The molecule has 0 saturated carbocycles. The molecular formula is C17H28N2O2. The lowest BCUT2D eigenvalue weighted by atomic mass is 9.95. The fourth-order valence-electron chi connectivity index (χ4n) is 3.09. The van der Waals surface area contributed by atoms with Crippen LogP contribution in [0.1, 0.15) is 31.0 Å². The lowest BCUT2D eigenvalue weighted by Gasteiger charge is -2.43. The Kier molecular flexibility index (Phi) is 6.18. The molecule has 2 atom stereocenters.